The van der Waals surface area contributed by atoms with Gasteiger partial charge in [0, 0.05) is 0 Å². The van der Waals surface area contributed by atoms with E-state index in [4.69, 9.17) is 0 Å². The van der Waals surface area contributed by atoms with Gasteiger partial charge in [-0.15, -0.1) is 0 Å². The summed E-state index contributed by atoms with van der Waals surface area (Å²) in [6, 6.07) is 0. The summed E-state index contributed by atoms with van der Waals surface area (Å²) in [4.78, 5) is 0. The molecule has 3 atom stereocenters. The Balaban J connectivity index is 2.17. The van der Waals surface area contributed by atoms with Crippen LogP contribution in [0.25, 0.3) is 0 Å². The molecule has 14 heavy (non-hydrogen) atoms. The average Bonchev–Trinajstić information content (AvgIpc) is 2.54. The van der Waals surface area contributed by atoms with E-state index in [2.05, 4.69) is 33.4 Å². The highest BCUT2D eigenvalue weighted by Gasteiger charge is 2.51. The van der Waals surface area contributed by atoms with Crippen molar-refractivity contribution in [1.82, 2.24) is 0 Å². The smallest absolute Gasteiger partial charge is 0.0146 e. The van der Waals surface area contributed by atoms with Crippen molar-refractivity contribution < 1.29 is 0 Å². The fourth-order valence-electron chi connectivity index (χ4n) is 3.51. The Morgan fingerprint density at radius 3 is 2.64 bits per heavy atom. The van der Waals surface area contributed by atoms with Crippen LogP contribution in [0, 0.1) is 17.3 Å². The molecule has 2 saturated carbocycles. The Kier molecular flexibility index (Phi) is 2.33. The summed E-state index contributed by atoms with van der Waals surface area (Å²) in [6.45, 7) is 11.1. The summed E-state index contributed by atoms with van der Waals surface area (Å²) in [5.74, 6) is 1.75. The second-order valence-electron chi connectivity index (χ2n) is 5.68. The van der Waals surface area contributed by atoms with Gasteiger partial charge in [0.1, 0.15) is 0 Å². The Labute approximate surface area is 88.1 Å². The first-order chi connectivity index (χ1) is 6.54. The number of rotatable bonds is 2. The molecule has 2 aliphatic rings. The lowest BCUT2D eigenvalue weighted by atomic mass is 9.76. The third-order valence-electron chi connectivity index (χ3n) is 4.48. The van der Waals surface area contributed by atoms with Gasteiger partial charge in [0.05, 0.1) is 0 Å². The summed E-state index contributed by atoms with van der Waals surface area (Å²) in [5.41, 5.74) is 3.54. The van der Waals surface area contributed by atoms with Crippen LogP contribution in [0.1, 0.15) is 46.5 Å². The van der Waals surface area contributed by atoms with E-state index in [1.165, 1.54) is 36.8 Å². The van der Waals surface area contributed by atoms with E-state index in [9.17, 15) is 0 Å². The van der Waals surface area contributed by atoms with E-state index in [-0.39, 0.29) is 0 Å². The minimum atomic E-state index is 0.550. The Bertz CT molecular complexity index is 280. The van der Waals surface area contributed by atoms with Crippen molar-refractivity contribution in [3.8, 4) is 0 Å². The Morgan fingerprint density at radius 2 is 2.21 bits per heavy atom. The maximum Gasteiger partial charge on any atom is -0.0146 e. The number of hydrogen-bond donors (Lipinski definition) is 0. The third kappa shape index (κ3) is 1.36. The fraction of sp³-hybridized carbons (Fsp3) is 0.714. The molecule has 2 rings (SSSR count). The first-order valence-corrected chi connectivity index (χ1v) is 5.85. The van der Waals surface area contributed by atoms with E-state index in [1.54, 1.807) is 0 Å². The lowest BCUT2D eigenvalue weighted by Gasteiger charge is -2.28. The minimum Gasteiger partial charge on any atom is -0.0995 e. The minimum absolute atomic E-state index is 0.550. The second-order valence-corrected chi connectivity index (χ2v) is 5.68. The van der Waals surface area contributed by atoms with Crippen LogP contribution in [0.4, 0.5) is 0 Å². The van der Waals surface area contributed by atoms with Crippen LogP contribution in [0.5, 0.6) is 0 Å². The van der Waals surface area contributed by atoms with Gasteiger partial charge in [-0.25, -0.2) is 0 Å². The van der Waals surface area contributed by atoms with E-state index in [1.807, 2.05) is 0 Å². The maximum atomic E-state index is 4.24. The molecule has 0 heterocycles. The molecule has 0 spiro atoms. The summed E-state index contributed by atoms with van der Waals surface area (Å²) in [5, 5.41) is 0. The van der Waals surface area contributed by atoms with Crippen LogP contribution in [0.15, 0.2) is 23.8 Å². The van der Waals surface area contributed by atoms with E-state index < -0.39 is 0 Å². The standard InChI is InChI=1S/C14H22/c1-10(2)7-8-14(4)12-5-6-13(14)11(3)9-12/h7,12-13H,3,5-6,8-9H2,1-2,4H3/t12-,13+,14+/m0/s1. The molecule has 0 aromatic rings. The van der Waals surface area contributed by atoms with Crippen LogP contribution in [-0.2, 0) is 0 Å². The zero-order valence-electron chi connectivity index (χ0n) is 9.77. The molecular formula is C14H22. The van der Waals surface area contributed by atoms with Gasteiger partial charge in [0.2, 0.25) is 0 Å². The molecule has 0 unspecified atom stereocenters. The van der Waals surface area contributed by atoms with Gasteiger partial charge in [-0.1, -0.05) is 30.7 Å². The van der Waals surface area contributed by atoms with Gasteiger partial charge in [-0.3, -0.25) is 0 Å². The number of allylic oxidation sites excluding steroid dienone is 3. The van der Waals surface area contributed by atoms with Crippen LogP contribution in [0.2, 0.25) is 0 Å². The van der Waals surface area contributed by atoms with Gasteiger partial charge >= 0.3 is 0 Å². The summed E-state index contributed by atoms with van der Waals surface area (Å²) < 4.78 is 0. The quantitative estimate of drug-likeness (QED) is 0.568. The lowest BCUT2D eigenvalue weighted by molar-refractivity contribution is 0.235. The topological polar surface area (TPSA) is 0 Å². The lowest BCUT2D eigenvalue weighted by Crippen LogP contribution is -2.21. The number of hydrogen-bond acceptors (Lipinski definition) is 0. The van der Waals surface area contributed by atoms with Crippen LogP contribution >= 0.6 is 0 Å². The van der Waals surface area contributed by atoms with Gasteiger partial charge in [0.25, 0.3) is 0 Å². The molecule has 0 aliphatic heterocycles. The molecule has 0 aromatic heterocycles. The molecule has 0 saturated heterocycles. The summed E-state index contributed by atoms with van der Waals surface area (Å²) in [7, 11) is 0. The predicted molar refractivity (Wildman–Crippen MR) is 62.1 cm³/mol. The molecule has 0 amide bonds. The molecule has 2 bridgehead atoms. The van der Waals surface area contributed by atoms with Crippen molar-refractivity contribution in [3.05, 3.63) is 23.8 Å². The molecule has 0 N–H and O–H groups in total. The predicted octanol–water partition coefficient (Wildman–Crippen LogP) is 4.34. The van der Waals surface area contributed by atoms with Crippen molar-refractivity contribution in [2.24, 2.45) is 17.3 Å². The van der Waals surface area contributed by atoms with Gasteiger partial charge < -0.3 is 0 Å². The zero-order valence-corrected chi connectivity index (χ0v) is 9.77. The Hall–Kier alpha value is -0.520. The van der Waals surface area contributed by atoms with Gasteiger partial charge in [-0.2, -0.15) is 0 Å². The normalized spacial score (nSPS) is 40.4. The van der Waals surface area contributed by atoms with Crippen LogP contribution < -0.4 is 0 Å². The van der Waals surface area contributed by atoms with Crippen LogP contribution in [-0.4, -0.2) is 0 Å². The number of fused-ring (bicyclic) bond motifs is 2. The summed E-state index contributed by atoms with van der Waals surface area (Å²) >= 11 is 0. The third-order valence-corrected chi connectivity index (χ3v) is 4.48. The van der Waals surface area contributed by atoms with Gasteiger partial charge in [0.15, 0.2) is 0 Å². The molecule has 78 valence electrons. The molecule has 0 nitrogen and oxygen atoms in total. The highest BCUT2D eigenvalue weighted by atomic mass is 14.6. The van der Waals surface area contributed by atoms with Crippen molar-refractivity contribution in [3.63, 3.8) is 0 Å². The highest BCUT2D eigenvalue weighted by Crippen LogP contribution is 2.61. The van der Waals surface area contributed by atoms with Crippen molar-refractivity contribution in [1.29, 1.82) is 0 Å². The first kappa shape index (κ1) is 10.0. The molecular weight excluding hydrogens is 168 g/mol. The van der Waals surface area contributed by atoms with Crippen LogP contribution in [0.3, 0.4) is 0 Å². The highest BCUT2D eigenvalue weighted by molar-refractivity contribution is 5.22. The largest absolute Gasteiger partial charge is 0.0995 e. The van der Waals surface area contributed by atoms with E-state index in [0.29, 0.717) is 5.41 Å². The molecule has 0 radical (unpaired) electrons. The van der Waals surface area contributed by atoms with Crippen molar-refractivity contribution in [2.45, 2.75) is 46.5 Å². The summed E-state index contributed by atoms with van der Waals surface area (Å²) in [6.07, 6.45) is 7.83. The fourth-order valence-corrected chi connectivity index (χ4v) is 3.51. The average molecular weight is 190 g/mol. The first-order valence-electron chi connectivity index (χ1n) is 5.85. The monoisotopic (exact) mass is 190 g/mol. The van der Waals surface area contributed by atoms with Gasteiger partial charge in [-0.05, 0) is 56.8 Å². The van der Waals surface area contributed by atoms with E-state index >= 15 is 0 Å². The maximum absolute atomic E-state index is 4.24. The van der Waals surface area contributed by atoms with Crippen molar-refractivity contribution >= 4 is 0 Å². The Morgan fingerprint density at radius 1 is 1.50 bits per heavy atom. The molecule has 2 fully saturated rings. The second kappa shape index (κ2) is 3.25. The van der Waals surface area contributed by atoms with Crippen molar-refractivity contribution in [2.75, 3.05) is 0 Å². The van der Waals surface area contributed by atoms with E-state index in [0.717, 1.165) is 11.8 Å². The zero-order chi connectivity index (χ0) is 10.3. The molecule has 0 aromatic carbocycles. The molecule has 0 heteroatoms. The SMILES string of the molecule is C=C1C[C@@H]2CC[C@H]1[C@]2(C)CC=C(C)C. The molecule has 2 aliphatic carbocycles.